The third kappa shape index (κ3) is 3.43. The number of nitrogens with one attached hydrogen (secondary N) is 1. The highest BCUT2D eigenvalue weighted by Crippen LogP contribution is 2.22. The Kier molecular flexibility index (Phi) is 4.55. The molecule has 1 N–H and O–H groups in total. The molecule has 0 bridgehead atoms. The first-order chi connectivity index (χ1) is 8.66. The van der Waals surface area contributed by atoms with E-state index in [1.54, 1.807) is 0 Å². The van der Waals surface area contributed by atoms with E-state index in [0.717, 1.165) is 17.4 Å². The van der Waals surface area contributed by atoms with E-state index in [-0.39, 0.29) is 0 Å². The van der Waals surface area contributed by atoms with Crippen LogP contribution in [0.2, 0.25) is 0 Å². The quantitative estimate of drug-likeness (QED) is 0.920. The van der Waals surface area contributed by atoms with E-state index in [1.807, 2.05) is 24.0 Å². The van der Waals surface area contributed by atoms with Gasteiger partial charge in [0.15, 0.2) is 0 Å². The van der Waals surface area contributed by atoms with Crippen molar-refractivity contribution in [2.75, 3.05) is 6.54 Å². The van der Waals surface area contributed by atoms with Gasteiger partial charge in [-0.3, -0.25) is 4.68 Å². The second kappa shape index (κ2) is 6.16. The van der Waals surface area contributed by atoms with Crippen LogP contribution in [0.15, 0.2) is 41.1 Å². The van der Waals surface area contributed by atoms with Gasteiger partial charge in [-0.05, 0) is 37.1 Å². The molecular formula is C14H18BrN3. The minimum absolute atomic E-state index is 0.345. The van der Waals surface area contributed by atoms with Crippen molar-refractivity contribution in [2.24, 2.45) is 7.05 Å². The van der Waals surface area contributed by atoms with Gasteiger partial charge in [0.05, 0.1) is 6.20 Å². The van der Waals surface area contributed by atoms with Gasteiger partial charge in [-0.25, -0.2) is 0 Å². The number of aryl methyl sites for hydroxylation is 1. The molecule has 1 aromatic carbocycles. The van der Waals surface area contributed by atoms with Gasteiger partial charge in [-0.15, -0.1) is 0 Å². The van der Waals surface area contributed by atoms with Crippen LogP contribution >= 0.6 is 15.9 Å². The second-order valence-corrected chi connectivity index (χ2v) is 5.32. The molecule has 18 heavy (non-hydrogen) atoms. The van der Waals surface area contributed by atoms with E-state index >= 15 is 0 Å². The van der Waals surface area contributed by atoms with Crippen LogP contribution in [0.3, 0.4) is 0 Å². The SMILES string of the molecule is C[C@@H](NCCc1cnn(C)c1)c1ccccc1Br. The first-order valence-corrected chi connectivity index (χ1v) is 6.91. The maximum atomic E-state index is 4.17. The smallest absolute Gasteiger partial charge is 0.0522 e. The van der Waals surface area contributed by atoms with Crippen LogP contribution in [0, 0.1) is 0 Å². The van der Waals surface area contributed by atoms with Crippen molar-refractivity contribution in [1.29, 1.82) is 0 Å². The van der Waals surface area contributed by atoms with E-state index < -0.39 is 0 Å². The summed E-state index contributed by atoms with van der Waals surface area (Å²) < 4.78 is 3.00. The summed E-state index contributed by atoms with van der Waals surface area (Å²) >= 11 is 3.58. The van der Waals surface area contributed by atoms with Gasteiger partial charge in [0.1, 0.15) is 0 Å². The Labute approximate surface area is 116 Å². The summed E-state index contributed by atoms with van der Waals surface area (Å²) in [4.78, 5) is 0. The molecule has 0 saturated carbocycles. The molecule has 0 radical (unpaired) electrons. The molecule has 0 aliphatic rings. The van der Waals surface area contributed by atoms with Crippen molar-refractivity contribution in [3.8, 4) is 0 Å². The molecule has 0 amide bonds. The first-order valence-electron chi connectivity index (χ1n) is 6.12. The topological polar surface area (TPSA) is 29.9 Å². The molecule has 1 atom stereocenters. The van der Waals surface area contributed by atoms with Gasteiger partial charge >= 0.3 is 0 Å². The monoisotopic (exact) mass is 307 g/mol. The fraction of sp³-hybridized carbons (Fsp3) is 0.357. The van der Waals surface area contributed by atoms with Gasteiger partial charge < -0.3 is 5.32 Å². The lowest BCUT2D eigenvalue weighted by Crippen LogP contribution is -2.21. The lowest BCUT2D eigenvalue weighted by molar-refractivity contribution is 0.575. The molecule has 4 heteroatoms. The van der Waals surface area contributed by atoms with Gasteiger partial charge in [0, 0.05) is 23.8 Å². The number of halogens is 1. The summed E-state index contributed by atoms with van der Waals surface area (Å²) in [5.74, 6) is 0. The molecule has 0 fully saturated rings. The Balaban J connectivity index is 1.85. The third-order valence-corrected chi connectivity index (χ3v) is 3.72. The van der Waals surface area contributed by atoms with Crippen molar-refractivity contribution in [2.45, 2.75) is 19.4 Å². The highest BCUT2D eigenvalue weighted by Gasteiger charge is 2.07. The molecule has 2 rings (SSSR count). The van der Waals surface area contributed by atoms with Crippen LogP contribution < -0.4 is 5.32 Å². The van der Waals surface area contributed by atoms with Crippen molar-refractivity contribution in [3.05, 3.63) is 52.3 Å². The standard InChI is InChI=1S/C14H18BrN3/c1-11(13-5-3-4-6-14(13)15)16-8-7-12-9-17-18(2)10-12/h3-6,9-11,16H,7-8H2,1-2H3/t11-/m1/s1. The Morgan fingerprint density at radius 2 is 2.17 bits per heavy atom. The molecule has 1 aromatic heterocycles. The largest absolute Gasteiger partial charge is 0.310 e. The van der Waals surface area contributed by atoms with Crippen LogP contribution in [0.5, 0.6) is 0 Å². The molecule has 0 spiro atoms. The molecule has 2 aromatic rings. The molecule has 0 saturated heterocycles. The zero-order valence-electron chi connectivity index (χ0n) is 10.7. The van der Waals surface area contributed by atoms with Crippen LogP contribution in [-0.4, -0.2) is 16.3 Å². The Bertz CT molecular complexity index is 507. The van der Waals surface area contributed by atoms with Crippen LogP contribution in [0.25, 0.3) is 0 Å². The van der Waals surface area contributed by atoms with E-state index in [9.17, 15) is 0 Å². The first kappa shape index (κ1) is 13.3. The summed E-state index contributed by atoms with van der Waals surface area (Å²) in [6, 6.07) is 8.67. The zero-order chi connectivity index (χ0) is 13.0. The summed E-state index contributed by atoms with van der Waals surface area (Å²) in [6.07, 6.45) is 4.98. The number of nitrogens with zero attached hydrogens (tertiary/aromatic N) is 2. The summed E-state index contributed by atoms with van der Waals surface area (Å²) in [6.45, 7) is 3.14. The third-order valence-electron chi connectivity index (χ3n) is 2.99. The van der Waals surface area contributed by atoms with Gasteiger partial charge in [-0.2, -0.15) is 5.10 Å². The fourth-order valence-electron chi connectivity index (χ4n) is 1.97. The molecule has 0 aliphatic heterocycles. The highest BCUT2D eigenvalue weighted by atomic mass is 79.9. The number of aromatic nitrogens is 2. The van der Waals surface area contributed by atoms with Crippen molar-refractivity contribution < 1.29 is 0 Å². The molecule has 3 nitrogen and oxygen atoms in total. The van der Waals surface area contributed by atoms with E-state index in [2.05, 4.69) is 57.7 Å². The Hall–Kier alpha value is -1.13. The highest BCUT2D eigenvalue weighted by molar-refractivity contribution is 9.10. The molecular weight excluding hydrogens is 290 g/mol. The average molecular weight is 308 g/mol. The van der Waals surface area contributed by atoms with Crippen LogP contribution in [0.4, 0.5) is 0 Å². The fourth-order valence-corrected chi connectivity index (χ4v) is 2.60. The number of hydrogen-bond acceptors (Lipinski definition) is 2. The molecule has 0 aliphatic carbocycles. The van der Waals surface area contributed by atoms with Crippen molar-refractivity contribution >= 4 is 15.9 Å². The predicted octanol–water partition coefficient (Wildman–Crippen LogP) is 3.08. The molecule has 1 heterocycles. The average Bonchev–Trinajstić information content (AvgIpc) is 2.75. The van der Waals surface area contributed by atoms with Crippen molar-refractivity contribution in [1.82, 2.24) is 15.1 Å². The Morgan fingerprint density at radius 1 is 1.39 bits per heavy atom. The van der Waals surface area contributed by atoms with Crippen molar-refractivity contribution in [3.63, 3.8) is 0 Å². The van der Waals surface area contributed by atoms with E-state index in [0.29, 0.717) is 6.04 Å². The van der Waals surface area contributed by atoms with Gasteiger partial charge in [-0.1, -0.05) is 34.1 Å². The zero-order valence-corrected chi connectivity index (χ0v) is 12.3. The number of rotatable bonds is 5. The van der Waals surface area contributed by atoms with E-state index in [4.69, 9.17) is 0 Å². The van der Waals surface area contributed by atoms with Crippen LogP contribution in [-0.2, 0) is 13.5 Å². The minimum atomic E-state index is 0.345. The normalized spacial score (nSPS) is 12.6. The maximum absolute atomic E-state index is 4.17. The van der Waals surface area contributed by atoms with E-state index in [1.165, 1.54) is 11.1 Å². The molecule has 96 valence electrons. The lowest BCUT2D eigenvalue weighted by atomic mass is 10.1. The summed E-state index contributed by atoms with van der Waals surface area (Å²) in [5.41, 5.74) is 2.56. The van der Waals surface area contributed by atoms with Gasteiger partial charge in [0.2, 0.25) is 0 Å². The number of benzene rings is 1. The summed E-state index contributed by atoms with van der Waals surface area (Å²) in [7, 11) is 1.95. The maximum Gasteiger partial charge on any atom is 0.0522 e. The Morgan fingerprint density at radius 3 is 2.83 bits per heavy atom. The molecule has 0 unspecified atom stereocenters. The minimum Gasteiger partial charge on any atom is -0.310 e. The van der Waals surface area contributed by atoms with Crippen LogP contribution in [0.1, 0.15) is 24.1 Å². The second-order valence-electron chi connectivity index (χ2n) is 4.47. The lowest BCUT2D eigenvalue weighted by Gasteiger charge is -2.15. The summed E-state index contributed by atoms with van der Waals surface area (Å²) in [5, 5.41) is 7.70. The van der Waals surface area contributed by atoms with Gasteiger partial charge in [0.25, 0.3) is 0 Å². The number of hydrogen-bond donors (Lipinski definition) is 1. The predicted molar refractivity (Wildman–Crippen MR) is 77.5 cm³/mol.